The van der Waals surface area contributed by atoms with Crippen molar-refractivity contribution in [3.8, 4) is 0 Å². The van der Waals surface area contributed by atoms with Gasteiger partial charge in [0, 0.05) is 12.6 Å². The number of carbonyl (C=O) groups is 2. The first-order valence-corrected chi connectivity index (χ1v) is 14.4. The molecule has 0 radical (unpaired) electrons. The first-order chi connectivity index (χ1) is 18.1. The van der Waals surface area contributed by atoms with Crippen LogP contribution in [0.4, 0.5) is 5.69 Å². The van der Waals surface area contributed by atoms with E-state index in [0.29, 0.717) is 18.5 Å². The molecule has 7 nitrogen and oxygen atoms in total. The quantitative estimate of drug-likeness (QED) is 0.372. The Hall–Kier alpha value is -3.65. The summed E-state index contributed by atoms with van der Waals surface area (Å²) in [7, 11) is -4.06. The molecule has 3 rings (SSSR count). The Kier molecular flexibility index (Phi) is 10.1. The van der Waals surface area contributed by atoms with Crippen LogP contribution >= 0.6 is 0 Å². The number of rotatable bonds is 12. The van der Waals surface area contributed by atoms with E-state index in [1.54, 1.807) is 37.3 Å². The van der Waals surface area contributed by atoms with Crippen molar-refractivity contribution < 1.29 is 18.0 Å². The van der Waals surface area contributed by atoms with Gasteiger partial charge in [0.1, 0.15) is 12.6 Å². The highest BCUT2D eigenvalue weighted by atomic mass is 32.2. The van der Waals surface area contributed by atoms with Crippen molar-refractivity contribution in [2.75, 3.05) is 17.4 Å². The largest absolute Gasteiger partial charge is 0.352 e. The molecule has 1 atom stereocenters. The van der Waals surface area contributed by atoms with Crippen molar-refractivity contribution in [3.05, 3.63) is 96.1 Å². The van der Waals surface area contributed by atoms with E-state index >= 15 is 0 Å². The lowest BCUT2D eigenvalue weighted by molar-refractivity contribution is -0.139. The zero-order valence-electron chi connectivity index (χ0n) is 22.5. The van der Waals surface area contributed by atoms with Crippen molar-refractivity contribution in [1.82, 2.24) is 10.2 Å². The van der Waals surface area contributed by atoms with E-state index in [9.17, 15) is 18.0 Å². The molecule has 0 bridgehead atoms. The van der Waals surface area contributed by atoms with Crippen LogP contribution in [0.1, 0.15) is 38.8 Å². The minimum absolute atomic E-state index is 0.0950. The highest BCUT2D eigenvalue weighted by Crippen LogP contribution is 2.28. The summed E-state index contributed by atoms with van der Waals surface area (Å²) in [6.07, 6.45) is 1.12. The molecule has 0 saturated heterocycles. The summed E-state index contributed by atoms with van der Waals surface area (Å²) < 4.78 is 28.9. The van der Waals surface area contributed by atoms with E-state index in [2.05, 4.69) is 5.32 Å². The number of nitrogens with one attached hydrogen (secondary N) is 1. The molecular weight excluding hydrogens is 498 g/mol. The first kappa shape index (κ1) is 28.9. The van der Waals surface area contributed by atoms with Gasteiger partial charge in [-0.2, -0.15) is 0 Å². The maximum atomic E-state index is 13.9. The molecule has 0 unspecified atom stereocenters. The molecule has 0 aliphatic heterocycles. The third kappa shape index (κ3) is 7.22. The Morgan fingerprint density at radius 3 is 2.03 bits per heavy atom. The van der Waals surface area contributed by atoms with Gasteiger partial charge in [-0.05, 0) is 62.9 Å². The van der Waals surface area contributed by atoms with Gasteiger partial charge < -0.3 is 10.2 Å². The normalized spacial score (nSPS) is 12.1. The van der Waals surface area contributed by atoms with Crippen molar-refractivity contribution >= 4 is 27.5 Å². The fourth-order valence-corrected chi connectivity index (χ4v) is 5.73. The molecule has 0 saturated carbocycles. The van der Waals surface area contributed by atoms with Crippen LogP contribution in [-0.2, 0) is 32.5 Å². The lowest BCUT2D eigenvalue weighted by atomic mass is 10.1. The number of benzene rings is 3. The van der Waals surface area contributed by atoms with Crippen molar-refractivity contribution in [2.24, 2.45) is 0 Å². The fourth-order valence-electron chi connectivity index (χ4n) is 4.26. The molecule has 0 fully saturated rings. The summed E-state index contributed by atoms with van der Waals surface area (Å²) >= 11 is 0. The summed E-state index contributed by atoms with van der Waals surface area (Å²) in [5.74, 6) is -0.731. The van der Waals surface area contributed by atoms with Gasteiger partial charge >= 0.3 is 0 Å². The highest BCUT2D eigenvalue weighted by Gasteiger charge is 2.33. The predicted octanol–water partition coefficient (Wildman–Crippen LogP) is 4.43. The van der Waals surface area contributed by atoms with Crippen molar-refractivity contribution in [1.29, 1.82) is 0 Å². The van der Waals surface area contributed by atoms with E-state index < -0.39 is 28.5 Å². The average molecular weight is 536 g/mol. The summed E-state index contributed by atoms with van der Waals surface area (Å²) in [5.41, 5.74) is 2.28. The smallest absolute Gasteiger partial charge is 0.264 e. The van der Waals surface area contributed by atoms with Gasteiger partial charge in [0.15, 0.2) is 0 Å². The monoisotopic (exact) mass is 535 g/mol. The molecule has 3 aromatic rings. The van der Waals surface area contributed by atoms with Crippen LogP contribution in [0.15, 0.2) is 89.8 Å². The van der Waals surface area contributed by atoms with Gasteiger partial charge in [0.25, 0.3) is 10.0 Å². The van der Waals surface area contributed by atoms with Gasteiger partial charge in [0.05, 0.1) is 10.6 Å². The number of hydrogen-bond donors (Lipinski definition) is 1. The zero-order valence-corrected chi connectivity index (χ0v) is 23.3. The first-order valence-electron chi connectivity index (χ1n) is 12.9. The van der Waals surface area contributed by atoms with Gasteiger partial charge in [-0.3, -0.25) is 13.9 Å². The van der Waals surface area contributed by atoms with Gasteiger partial charge in [-0.1, -0.05) is 73.7 Å². The van der Waals surface area contributed by atoms with Crippen LogP contribution in [0.25, 0.3) is 0 Å². The Balaban J connectivity index is 2.00. The number of para-hydroxylation sites is 1. The number of aryl methyl sites for hydroxylation is 1. The predicted molar refractivity (Wildman–Crippen MR) is 151 cm³/mol. The second-order valence-corrected chi connectivity index (χ2v) is 11.3. The molecule has 38 heavy (non-hydrogen) atoms. The molecule has 8 heteroatoms. The Morgan fingerprint density at radius 1 is 0.842 bits per heavy atom. The Bertz CT molecular complexity index is 1310. The van der Waals surface area contributed by atoms with Crippen LogP contribution in [0.5, 0.6) is 0 Å². The van der Waals surface area contributed by atoms with Crippen molar-refractivity contribution in [3.63, 3.8) is 0 Å². The summed E-state index contributed by atoms with van der Waals surface area (Å²) in [5, 5.41) is 2.87. The molecule has 2 amide bonds. The SMILES string of the molecule is CCc1ccccc1N(CC(=O)N(CCc1ccccc1)[C@@H](C)C(=O)NC(C)C)S(=O)(=O)c1ccccc1. The van der Waals surface area contributed by atoms with E-state index in [-0.39, 0.29) is 23.4 Å². The number of amides is 2. The average Bonchev–Trinajstić information content (AvgIpc) is 2.92. The van der Waals surface area contributed by atoms with Gasteiger partial charge in [-0.25, -0.2) is 8.42 Å². The topological polar surface area (TPSA) is 86.8 Å². The molecule has 0 spiro atoms. The van der Waals surface area contributed by atoms with Crippen LogP contribution in [0.2, 0.25) is 0 Å². The number of sulfonamides is 1. The standard InChI is InChI=1S/C30H37N3O4S/c1-5-26-16-12-13-19-28(26)33(38(36,37)27-17-10-7-11-18-27)22-29(34)32(24(4)30(35)31-23(2)3)21-20-25-14-8-6-9-15-25/h6-19,23-24H,5,20-22H2,1-4H3,(H,31,35)/t24-/m0/s1. The third-order valence-electron chi connectivity index (χ3n) is 6.33. The second kappa shape index (κ2) is 13.2. The number of hydrogen-bond acceptors (Lipinski definition) is 4. The third-order valence-corrected chi connectivity index (χ3v) is 8.11. The fraction of sp³-hybridized carbons (Fsp3) is 0.333. The Labute approximate surface area is 226 Å². The van der Waals surface area contributed by atoms with Gasteiger partial charge in [0.2, 0.25) is 11.8 Å². The maximum absolute atomic E-state index is 13.9. The summed E-state index contributed by atoms with van der Waals surface area (Å²) in [4.78, 5) is 28.4. The zero-order chi connectivity index (χ0) is 27.7. The van der Waals surface area contributed by atoms with Crippen LogP contribution < -0.4 is 9.62 Å². The molecule has 0 heterocycles. The number of carbonyl (C=O) groups excluding carboxylic acids is 2. The van der Waals surface area contributed by atoms with Crippen LogP contribution in [0.3, 0.4) is 0 Å². The minimum Gasteiger partial charge on any atom is -0.352 e. The molecule has 0 aliphatic rings. The van der Waals surface area contributed by atoms with Gasteiger partial charge in [-0.15, -0.1) is 0 Å². The number of nitrogens with zero attached hydrogens (tertiary/aromatic N) is 2. The van der Waals surface area contributed by atoms with Crippen LogP contribution in [-0.4, -0.2) is 50.3 Å². The van der Waals surface area contributed by atoms with E-state index in [0.717, 1.165) is 11.1 Å². The summed E-state index contributed by atoms with van der Waals surface area (Å²) in [6, 6.07) is 24.1. The van der Waals surface area contributed by atoms with E-state index in [4.69, 9.17) is 0 Å². The number of anilines is 1. The van der Waals surface area contributed by atoms with E-state index in [1.807, 2.05) is 63.2 Å². The van der Waals surface area contributed by atoms with E-state index in [1.165, 1.54) is 21.3 Å². The molecule has 1 N–H and O–H groups in total. The highest BCUT2D eigenvalue weighted by molar-refractivity contribution is 7.92. The molecular formula is C30H37N3O4S. The molecule has 0 aliphatic carbocycles. The van der Waals surface area contributed by atoms with Crippen LogP contribution in [0, 0.1) is 0 Å². The second-order valence-electron chi connectivity index (χ2n) is 9.47. The van der Waals surface area contributed by atoms with Crippen molar-refractivity contribution in [2.45, 2.75) is 57.5 Å². The lowest BCUT2D eigenvalue weighted by Crippen LogP contribution is -2.53. The maximum Gasteiger partial charge on any atom is 0.264 e. The Morgan fingerprint density at radius 2 is 1.42 bits per heavy atom. The summed E-state index contributed by atoms with van der Waals surface area (Å²) in [6.45, 7) is 7.18. The minimum atomic E-state index is -4.06. The molecule has 3 aromatic carbocycles. The molecule has 202 valence electrons. The molecule has 0 aromatic heterocycles. The lowest BCUT2D eigenvalue weighted by Gasteiger charge is -2.33.